The number of ether oxygens (including phenoxy) is 1. The van der Waals surface area contributed by atoms with Gasteiger partial charge in [-0.25, -0.2) is 4.98 Å². The van der Waals surface area contributed by atoms with Gasteiger partial charge in [0.2, 0.25) is 0 Å². The average Bonchev–Trinajstić information content (AvgIpc) is 2.92. The molecule has 118 valence electrons. The molecule has 0 amide bonds. The van der Waals surface area contributed by atoms with Crippen LogP contribution < -0.4 is 4.74 Å². The summed E-state index contributed by atoms with van der Waals surface area (Å²) in [5.74, 6) is 0.952. The smallest absolute Gasteiger partial charge is 0.192 e. The van der Waals surface area contributed by atoms with Crippen LogP contribution >= 0.6 is 11.3 Å². The Morgan fingerprint density at radius 2 is 2.09 bits per heavy atom. The van der Waals surface area contributed by atoms with E-state index in [1.165, 1.54) is 10.4 Å². The number of fused-ring (bicyclic) bond motifs is 3. The highest BCUT2D eigenvalue weighted by molar-refractivity contribution is 7.13. The van der Waals surface area contributed by atoms with Crippen LogP contribution in [0.15, 0.2) is 23.7 Å². The Balaban J connectivity index is 1.79. The fraction of sp³-hybridized carbons (Fsp3) is 0.471. The van der Waals surface area contributed by atoms with Crippen molar-refractivity contribution >= 4 is 19.7 Å². The molecule has 0 bridgehead atoms. The Morgan fingerprint density at radius 3 is 2.82 bits per heavy atom. The number of aromatic nitrogens is 1. The van der Waals surface area contributed by atoms with Gasteiger partial charge in [-0.1, -0.05) is 26.8 Å². The lowest BCUT2D eigenvalue weighted by molar-refractivity contribution is 0.272. The Bertz CT molecular complexity index is 688. The van der Waals surface area contributed by atoms with E-state index >= 15 is 0 Å². The van der Waals surface area contributed by atoms with Crippen LogP contribution in [0.1, 0.15) is 32.0 Å². The summed E-state index contributed by atoms with van der Waals surface area (Å²) >= 11 is 1.68. The van der Waals surface area contributed by atoms with Crippen molar-refractivity contribution < 1.29 is 9.16 Å². The maximum Gasteiger partial charge on any atom is 0.192 e. The van der Waals surface area contributed by atoms with E-state index in [4.69, 9.17) is 9.16 Å². The fourth-order valence-electron chi connectivity index (χ4n) is 2.18. The number of hydrogen-bond donors (Lipinski definition) is 0. The van der Waals surface area contributed by atoms with Gasteiger partial charge in [0.1, 0.15) is 12.4 Å². The van der Waals surface area contributed by atoms with Crippen molar-refractivity contribution in [2.45, 2.75) is 52.1 Å². The van der Waals surface area contributed by atoms with Crippen molar-refractivity contribution in [3.05, 3.63) is 35.0 Å². The third kappa shape index (κ3) is 2.85. The van der Waals surface area contributed by atoms with Crippen LogP contribution in [0.2, 0.25) is 18.1 Å². The van der Waals surface area contributed by atoms with Gasteiger partial charge in [0.05, 0.1) is 22.7 Å². The maximum atomic E-state index is 6.30. The molecule has 2 heterocycles. The molecular weight excluding hydrogens is 310 g/mol. The van der Waals surface area contributed by atoms with Gasteiger partial charge < -0.3 is 9.16 Å². The van der Waals surface area contributed by atoms with E-state index in [1.54, 1.807) is 11.3 Å². The lowest BCUT2D eigenvalue weighted by atomic mass is 10.1. The monoisotopic (exact) mass is 333 g/mol. The molecule has 0 radical (unpaired) electrons. The van der Waals surface area contributed by atoms with Crippen LogP contribution in [-0.2, 0) is 17.6 Å². The Labute approximate surface area is 137 Å². The Morgan fingerprint density at radius 1 is 1.32 bits per heavy atom. The number of nitrogens with zero attached hydrogens (tertiary/aromatic N) is 1. The molecule has 5 heteroatoms. The lowest BCUT2D eigenvalue weighted by Crippen LogP contribution is -2.40. The molecule has 22 heavy (non-hydrogen) atoms. The van der Waals surface area contributed by atoms with E-state index in [9.17, 15) is 0 Å². The highest BCUT2D eigenvalue weighted by atomic mass is 32.1. The van der Waals surface area contributed by atoms with Gasteiger partial charge in [-0.15, -0.1) is 11.3 Å². The van der Waals surface area contributed by atoms with E-state index < -0.39 is 8.32 Å². The van der Waals surface area contributed by atoms with Crippen molar-refractivity contribution in [1.29, 1.82) is 0 Å². The molecule has 0 N–H and O–H groups in total. The Kier molecular flexibility index (Phi) is 3.91. The van der Waals surface area contributed by atoms with Crippen LogP contribution in [0.4, 0.5) is 0 Å². The van der Waals surface area contributed by atoms with E-state index in [1.807, 2.05) is 5.51 Å². The van der Waals surface area contributed by atoms with Crippen LogP contribution in [-0.4, -0.2) is 13.3 Å². The molecule has 3 rings (SSSR count). The van der Waals surface area contributed by atoms with Crippen LogP contribution in [0, 0.1) is 0 Å². The zero-order valence-electron chi connectivity index (χ0n) is 13.9. The molecule has 0 unspecified atom stereocenters. The van der Waals surface area contributed by atoms with Crippen molar-refractivity contribution in [2.75, 3.05) is 0 Å². The number of hydrogen-bond acceptors (Lipinski definition) is 4. The van der Waals surface area contributed by atoms with Gasteiger partial charge in [-0.05, 0) is 35.8 Å². The summed E-state index contributed by atoms with van der Waals surface area (Å²) in [5, 5.41) is 0.231. The van der Waals surface area contributed by atoms with Crippen LogP contribution in [0.25, 0.3) is 10.4 Å². The van der Waals surface area contributed by atoms with Gasteiger partial charge in [0.25, 0.3) is 0 Å². The maximum absolute atomic E-state index is 6.30. The molecule has 1 aliphatic rings. The number of benzene rings is 1. The first-order valence-corrected chi connectivity index (χ1v) is 11.4. The quantitative estimate of drug-likeness (QED) is 0.721. The van der Waals surface area contributed by atoms with Crippen molar-refractivity contribution in [2.24, 2.45) is 0 Å². The summed E-state index contributed by atoms with van der Waals surface area (Å²) in [4.78, 5) is 5.58. The summed E-state index contributed by atoms with van der Waals surface area (Å²) in [7, 11) is -1.72. The van der Waals surface area contributed by atoms with E-state index in [-0.39, 0.29) is 5.04 Å². The van der Waals surface area contributed by atoms with E-state index in [2.05, 4.69) is 57.0 Å². The molecule has 0 aliphatic carbocycles. The molecule has 0 spiro atoms. The summed E-state index contributed by atoms with van der Waals surface area (Å²) in [6.45, 7) is 12.6. The Hall–Kier alpha value is -1.17. The van der Waals surface area contributed by atoms with Crippen LogP contribution in [0.5, 0.6) is 5.75 Å². The van der Waals surface area contributed by atoms with Gasteiger partial charge in [-0.3, -0.25) is 0 Å². The number of thiazole rings is 1. The molecule has 1 aliphatic heterocycles. The lowest BCUT2D eigenvalue weighted by Gasteiger charge is -2.36. The first kappa shape index (κ1) is 15.7. The zero-order valence-corrected chi connectivity index (χ0v) is 15.7. The summed E-state index contributed by atoms with van der Waals surface area (Å²) in [6, 6.07) is 6.39. The molecule has 2 aromatic rings. The standard InChI is InChI=1S/C17H23NO2SSi/c1-17(2,3)22(4,5)20-9-12-6-7-13-15(8-12)19-10-14-16(13)21-11-18-14/h6-8,11H,9-10H2,1-5H3. The summed E-state index contributed by atoms with van der Waals surface area (Å²) in [6.07, 6.45) is 0. The highest BCUT2D eigenvalue weighted by Crippen LogP contribution is 2.41. The summed E-state index contributed by atoms with van der Waals surface area (Å²) in [5.41, 5.74) is 5.26. The van der Waals surface area contributed by atoms with Crippen molar-refractivity contribution in [3.8, 4) is 16.2 Å². The third-order valence-corrected chi connectivity index (χ3v) is 10.1. The molecule has 0 atom stereocenters. The number of rotatable bonds is 3. The topological polar surface area (TPSA) is 31.4 Å². The fourth-order valence-corrected chi connectivity index (χ4v) is 3.97. The van der Waals surface area contributed by atoms with Gasteiger partial charge in [0.15, 0.2) is 8.32 Å². The molecule has 1 aromatic heterocycles. The second-order valence-corrected chi connectivity index (χ2v) is 13.0. The average molecular weight is 334 g/mol. The van der Waals surface area contributed by atoms with Crippen molar-refractivity contribution in [1.82, 2.24) is 4.98 Å². The largest absolute Gasteiger partial charge is 0.487 e. The van der Waals surface area contributed by atoms with Gasteiger partial charge in [-0.2, -0.15) is 0 Å². The third-order valence-electron chi connectivity index (χ3n) is 4.70. The normalized spacial score (nSPS) is 14.2. The predicted molar refractivity (Wildman–Crippen MR) is 93.9 cm³/mol. The molecule has 3 nitrogen and oxygen atoms in total. The van der Waals surface area contributed by atoms with Crippen LogP contribution in [0.3, 0.4) is 0 Å². The molecule has 0 fully saturated rings. The van der Waals surface area contributed by atoms with E-state index in [0.717, 1.165) is 17.0 Å². The minimum Gasteiger partial charge on any atom is -0.487 e. The molecule has 1 aromatic carbocycles. The minimum atomic E-state index is -1.72. The SMILES string of the molecule is CC(C)(C)[Si](C)(C)OCc1ccc2c(c1)OCc1ncsc1-2. The molecular formula is C17H23NO2SSi. The second-order valence-electron chi connectivity index (χ2n) is 7.30. The predicted octanol–water partition coefficient (Wildman–Crippen LogP) is 5.22. The highest BCUT2D eigenvalue weighted by Gasteiger charge is 2.37. The summed E-state index contributed by atoms with van der Waals surface area (Å²) < 4.78 is 12.1. The van der Waals surface area contributed by atoms with Gasteiger partial charge >= 0.3 is 0 Å². The van der Waals surface area contributed by atoms with Crippen molar-refractivity contribution in [3.63, 3.8) is 0 Å². The first-order chi connectivity index (χ1) is 10.3. The molecule has 0 saturated carbocycles. The first-order valence-electron chi connectivity index (χ1n) is 7.60. The molecule has 0 saturated heterocycles. The minimum absolute atomic E-state index is 0.231. The second kappa shape index (κ2) is 5.48. The zero-order chi connectivity index (χ0) is 16.0. The van der Waals surface area contributed by atoms with Gasteiger partial charge in [0, 0.05) is 5.56 Å². The van der Waals surface area contributed by atoms with E-state index in [0.29, 0.717) is 13.2 Å².